The molecule has 0 saturated heterocycles. The lowest BCUT2D eigenvalue weighted by atomic mass is 9.89. The maximum atomic E-state index is 13.1. The molecule has 0 bridgehead atoms. The first kappa shape index (κ1) is 18.7. The van der Waals surface area contributed by atoms with E-state index in [2.05, 4.69) is 4.98 Å². The molecule has 27 heavy (non-hydrogen) atoms. The molecule has 1 atom stereocenters. The molecule has 2 aromatic rings. The molecule has 0 N–H and O–H groups in total. The van der Waals surface area contributed by atoms with Gasteiger partial charge in [0.1, 0.15) is 0 Å². The third-order valence-electron chi connectivity index (χ3n) is 4.78. The number of rotatable bonds is 5. The quantitative estimate of drug-likeness (QED) is 0.752. The van der Waals surface area contributed by atoms with E-state index < -0.39 is 6.04 Å². The Bertz CT molecular complexity index is 838. The number of nitrogens with zero attached hydrogens (tertiary/aromatic N) is 2. The number of carbonyl (C=O) groups excluding carboxylic acids is 2. The zero-order chi connectivity index (χ0) is 19.4. The third kappa shape index (κ3) is 3.72. The van der Waals surface area contributed by atoms with E-state index >= 15 is 0 Å². The third-order valence-corrected chi connectivity index (χ3v) is 4.78. The lowest BCUT2D eigenvalue weighted by molar-refractivity contribution is -0.141. The number of aromatic nitrogens is 1. The molecule has 142 valence electrons. The van der Waals surface area contributed by atoms with Gasteiger partial charge in [-0.3, -0.25) is 14.6 Å². The van der Waals surface area contributed by atoms with Gasteiger partial charge in [-0.1, -0.05) is 0 Å². The molecule has 1 unspecified atom stereocenters. The summed E-state index contributed by atoms with van der Waals surface area (Å²) >= 11 is 0. The van der Waals surface area contributed by atoms with Gasteiger partial charge in [0.2, 0.25) is 0 Å². The summed E-state index contributed by atoms with van der Waals surface area (Å²) in [6.45, 7) is 0.491. The first-order valence-corrected chi connectivity index (χ1v) is 8.61. The Labute approximate surface area is 157 Å². The van der Waals surface area contributed by atoms with Crippen LogP contribution in [0.25, 0.3) is 0 Å². The zero-order valence-electron chi connectivity index (χ0n) is 15.6. The molecule has 0 radical (unpaired) electrons. The van der Waals surface area contributed by atoms with Crippen molar-refractivity contribution in [1.29, 1.82) is 0 Å². The molecule has 2 heterocycles. The number of carbonyl (C=O) groups is 2. The van der Waals surface area contributed by atoms with Crippen molar-refractivity contribution < 1.29 is 23.8 Å². The summed E-state index contributed by atoms with van der Waals surface area (Å²) in [6, 6.07) is 6.64. The van der Waals surface area contributed by atoms with E-state index in [4.69, 9.17) is 14.2 Å². The zero-order valence-corrected chi connectivity index (χ0v) is 15.6. The normalized spacial score (nSPS) is 15.7. The molecule has 1 aliphatic heterocycles. The Balaban J connectivity index is 2.04. The van der Waals surface area contributed by atoms with Gasteiger partial charge >= 0.3 is 5.97 Å². The van der Waals surface area contributed by atoms with Crippen molar-refractivity contribution in [2.75, 3.05) is 27.9 Å². The predicted octanol–water partition coefficient (Wildman–Crippen LogP) is 2.40. The molecule has 7 heteroatoms. The van der Waals surface area contributed by atoms with Crippen molar-refractivity contribution >= 4 is 11.9 Å². The van der Waals surface area contributed by atoms with E-state index in [9.17, 15) is 9.59 Å². The molecule has 1 aromatic heterocycles. The van der Waals surface area contributed by atoms with E-state index in [1.807, 2.05) is 12.1 Å². The van der Waals surface area contributed by atoms with Gasteiger partial charge < -0.3 is 19.1 Å². The summed E-state index contributed by atoms with van der Waals surface area (Å²) in [6.07, 6.45) is 3.88. The number of hydrogen-bond donors (Lipinski definition) is 0. The number of hydrogen-bond acceptors (Lipinski definition) is 6. The maximum absolute atomic E-state index is 13.1. The number of esters is 1. The highest BCUT2D eigenvalue weighted by atomic mass is 16.5. The number of benzene rings is 1. The van der Waals surface area contributed by atoms with Crippen molar-refractivity contribution in [1.82, 2.24) is 9.88 Å². The Morgan fingerprint density at radius 1 is 1.11 bits per heavy atom. The van der Waals surface area contributed by atoms with Crippen LogP contribution in [-0.4, -0.2) is 49.6 Å². The molecule has 1 aliphatic rings. The molecular weight excluding hydrogens is 348 g/mol. The SMILES string of the molecule is COC(=O)CC1c2cc(OC)c(OC)cc2CCN1C(=O)c1ccncc1. The van der Waals surface area contributed by atoms with Crippen molar-refractivity contribution in [3.8, 4) is 11.5 Å². The lowest BCUT2D eigenvalue weighted by Gasteiger charge is -2.37. The fourth-order valence-corrected chi connectivity index (χ4v) is 3.39. The minimum Gasteiger partial charge on any atom is -0.493 e. The van der Waals surface area contributed by atoms with Crippen LogP contribution in [0.5, 0.6) is 11.5 Å². The van der Waals surface area contributed by atoms with Crippen molar-refractivity contribution in [2.24, 2.45) is 0 Å². The second kappa shape index (κ2) is 8.07. The second-order valence-corrected chi connectivity index (χ2v) is 6.19. The highest BCUT2D eigenvalue weighted by molar-refractivity contribution is 5.94. The van der Waals surface area contributed by atoms with Crippen molar-refractivity contribution in [3.05, 3.63) is 53.3 Å². The van der Waals surface area contributed by atoms with Crippen LogP contribution >= 0.6 is 0 Å². The van der Waals surface area contributed by atoms with Crippen LogP contribution in [0.15, 0.2) is 36.7 Å². The highest BCUT2D eigenvalue weighted by Crippen LogP contribution is 2.40. The standard InChI is InChI=1S/C20H22N2O5/c1-25-17-10-14-6-9-22(20(24)13-4-7-21-8-5-13)16(12-19(23)27-3)15(14)11-18(17)26-2/h4-5,7-8,10-11,16H,6,9,12H2,1-3H3. The fourth-order valence-electron chi connectivity index (χ4n) is 3.39. The van der Waals surface area contributed by atoms with Crippen LogP contribution in [0, 0.1) is 0 Å². The van der Waals surface area contributed by atoms with Crippen molar-refractivity contribution in [2.45, 2.75) is 18.9 Å². The fraction of sp³-hybridized carbons (Fsp3) is 0.350. The summed E-state index contributed by atoms with van der Waals surface area (Å²) in [5, 5.41) is 0. The van der Waals surface area contributed by atoms with Crippen LogP contribution in [0.3, 0.4) is 0 Å². The Morgan fingerprint density at radius 2 is 1.78 bits per heavy atom. The first-order valence-electron chi connectivity index (χ1n) is 8.61. The van der Waals surface area contributed by atoms with Gasteiger partial charge in [-0.2, -0.15) is 0 Å². The average Bonchev–Trinajstić information content (AvgIpc) is 2.72. The number of fused-ring (bicyclic) bond motifs is 1. The Kier molecular flexibility index (Phi) is 5.59. The van der Waals surface area contributed by atoms with E-state index in [1.165, 1.54) is 7.11 Å². The predicted molar refractivity (Wildman–Crippen MR) is 97.9 cm³/mol. The molecule has 3 rings (SSSR count). The molecular formula is C20H22N2O5. The van der Waals surface area contributed by atoms with Gasteiger partial charge in [-0.05, 0) is 41.8 Å². The second-order valence-electron chi connectivity index (χ2n) is 6.19. The van der Waals surface area contributed by atoms with Gasteiger partial charge in [0, 0.05) is 24.5 Å². The first-order chi connectivity index (χ1) is 13.1. The number of pyridine rings is 1. The maximum Gasteiger partial charge on any atom is 0.307 e. The van der Waals surface area contributed by atoms with Gasteiger partial charge in [0.25, 0.3) is 5.91 Å². The molecule has 0 aliphatic carbocycles. The minimum atomic E-state index is -0.443. The van der Waals surface area contributed by atoms with Crippen LogP contribution in [0.2, 0.25) is 0 Å². The van der Waals surface area contributed by atoms with E-state index in [0.29, 0.717) is 30.0 Å². The molecule has 7 nitrogen and oxygen atoms in total. The number of amides is 1. The van der Waals surface area contributed by atoms with Crippen LogP contribution in [0.1, 0.15) is 33.9 Å². The largest absolute Gasteiger partial charge is 0.493 e. The Hall–Kier alpha value is -3.09. The highest BCUT2D eigenvalue weighted by Gasteiger charge is 2.34. The molecule has 0 fully saturated rings. The average molecular weight is 370 g/mol. The molecule has 1 amide bonds. The van der Waals surface area contributed by atoms with Gasteiger partial charge in [0.15, 0.2) is 11.5 Å². The number of ether oxygens (including phenoxy) is 3. The van der Waals surface area contributed by atoms with Crippen LogP contribution in [0.4, 0.5) is 0 Å². The smallest absolute Gasteiger partial charge is 0.307 e. The summed E-state index contributed by atoms with van der Waals surface area (Å²) in [5.41, 5.74) is 2.43. The van der Waals surface area contributed by atoms with Gasteiger partial charge in [-0.15, -0.1) is 0 Å². The summed E-state index contributed by atoms with van der Waals surface area (Å²) in [4.78, 5) is 30.8. The van der Waals surface area contributed by atoms with E-state index in [1.54, 1.807) is 43.6 Å². The van der Waals surface area contributed by atoms with Crippen molar-refractivity contribution in [3.63, 3.8) is 0 Å². The van der Waals surface area contributed by atoms with E-state index in [-0.39, 0.29) is 18.3 Å². The monoisotopic (exact) mass is 370 g/mol. The van der Waals surface area contributed by atoms with E-state index in [0.717, 1.165) is 11.1 Å². The van der Waals surface area contributed by atoms with Crippen LogP contribution in [-0.2, 0) is 16.0 Å². The lowest BCUT2D eigenvalue weighted by Crippen LogP contribution is -2.41. The summed E-state index contributed by atoms with van der Waals surface area (Å²) < 4.78 is 15.6. The topological polar surface area (TPSA) is 78.0 Å². The Morgan fingerprint density at radius 3 is 2.41 bits per heavy atom. The number of methoxy groups -OCH3 is 3. The molecule has 0 spiro atoms. The van der Waals surface area contributed by atoms with Gasteiger partial charge in [-0.25, -0.2) is 0 Å². The molecule has 1 aromatic carbocycles. The summed E-state index contributed by atoms with van der Waals surface area (Å²) in [7, 11) is 4.48. The molecule has 0 saturated carbocycles. The summed E-state index contributed by atoms with van der Waals surface area (Å²) in [5.74, 6) is 0.660. The van der Waals surface area contributed by atoms with Crippen LogP contribution < -0.4 is 9.47 Å². The minimum absolute atomic E-state index is 0.0653. The van der Waals surface area contributed by atoms with Gasteiger partial charge in [0.05, 0.1) is 33.8 Å².